The number of hydrogen-bond acceptors (Lipinski definition) is 2. The fourth-order valence-corrected chi connectivity index (χ4v) is 2.86. The van der Waals surface area contributed by atoms with Crippen LogP contribution in [0.15, 0.2) is 18.2 Å². The Labute approximate surface area is 102 Å². The molecule has 0 amide bonds. The van der Waals surface area contributed by atoms with Gasteiger partial charge in [-0.15, -0.1) is 0 Å². The lowest BCUT2D eigenvalue weighted by molar-refractivity contribution is 0.0643. The van der Waals surface area contributed by atoms with Gasteiger partial charge < -0.3 is 4.74 Å². The zero-order valence-electron chi connectivity index (χ0n) is 10.1. The Bertz CT molecular complexity index is 431. The molecule has 2 nitrogen and oxygen atoms in total. The molecule has 1 fully saturated rings. The first kappa shape index (κ1) is 11.0. The molecule has 0 radical (unpaired) electrons. The minimum Gasteiger partial charge on any atom is -0.370 e. The molecule has 0 N–H and O–H groups in total. The largest absolute Gasteiger partial charge is 0.370 e. The summed E-state index contributed by atoms with van der Waals surface area (Å²) < 4.78 is 5.46. The molecule has 1 unspecified atom stereocenters. The molecule has 2 aliphatic rings. The number of carbonyl (C=O) groups excluding carboxylic acids is 1. The van der Waals surface area contributed by atoms with E-state index in [2.05, 4.69) is 12.1 Å². The molecule has 1 saturated heterocycles. The van der Waals surface area contributed by atoms with Crippen LogP contribution in [-0.2, 0) is 17.6 Å². The van der Waals surface area contributed by atoms with E-state index < -0.39 is 0 Å². The van der Waals surface area contributed by atoms with Gasteiger partial charge in [0.05, 0.1) is 0 Å². The van der Waals surface area contributed by atoms with Crippen molar-refractivity contribution in [2.24, 2.45) is 0 Å². The maximum absolute atomic E-state index is 12.2. The number of benzene rings is 1. The van der Waals surface area contributed by atoms with Gasteiger partial charge in [-0.1, -0.05) is 12.1 Å². The van der Waals surface area contributed by atoms with Gasteiger partial charge in [0.15, 0.2) is 5.78 Å². The second-order valence-electron chi connectivity index (χ2n) is 5.06. The molecule has 1 heterocycles. The average Bonchev–Trinajstić information content (AvgIpc) is 2.91. The quantitative estimate of drug-likeness (QED) is 0.730. The maximum atomic E-state index is 12.2. The highest BCUT2D eigenvalue weighted by Gasteiger charge is 2.25. The lowest BCUT2D eigenvalue weighted by atomic mass is 9.89. The number of carbonyl (C=O) groups is 1. The van der Waals surface area contributed by atoms with Gasteiger partial charge in [-0.05, 0) is 55.7 Å². The molecule has 2 heteroatoms. The topological polar surface area (TPSA) is 26.3 Å². The number of ketones is 1. The monoisotopic (exact) mass is 230 g/mol. The molecule has 1 aliphatic heterocycles. The third-order valence-corrected chi connectivity index (χ3v) is 3.86. The lowest BCUT2D eigenvalue weighted by Crippen LogP contribution is -2.20. The zero-order valence-corrected chi connectivity index (χ0v) is 10.1. The molecule has 0 saturated carbocycles. The molecule has 1 aromatic carbocycles. The van der Waals surface area contributed by atoms with Crippen LogP contribution in [0.4, 0.5) is 0 Å². The predicted molar refractivity (Wildman–Crippen MR) is 66.4 cm³/mol. The van der Waals surface area contributed by atoms with E-state index in [0.29, 0.717) is 0 Å². The number of Topliss-reactive ketones (excluding diaryl/α,β-unsaturated/α-hetero) is 1. The highest BCUT2D eigenvalue weighted by molar-refractivity contribution is 5.99. The van der Waals surface area contributed by atoms with Crippen LogP contribution in [0.3, 0.4) is 0 Å². The first-order valence-electron chi connectivity index (χ1n) is 6.62. The summed E-state index contributed by atoms with van der Waals surface area (Å²) >= 11 is 0. The van der Waals surface area contributed by atoms with Crippen molar-refractivity contribution in [1.82, 2.24) is 0 Å². The summed E-state index contributed by atoms with van der Waals surface area (Å²) in [5, 5.41) is 0. The molecule has 0 spiro atoms. The average molecular weight is 230 g/mol. The van der Waals surface area contributed by atoms with E-state index in [0.717, 1.165) is 31.4 Å². The van der Waals surface area contributed by atoms with Gasteiger partial charge in [0.1, 0.15) is 6.10 Å². The van der Waals surface area contributed by atoms with Crippen LogP contribution in [0.2, 0.25) is 0 Å². The van der Waals surface area contributed by atoms with Gasteiger partial charge >= 0.3 is 0 Å². The normalized spacial score (nSPS) is 23.4. The van der Waals surface area contributed by atoms with Crippen molar-refractivity contribution in [3.63, 3.8) is 0 Å². The fraction of sp³-hybridized carbons (Fsp3) is 0.533. The molecular formula is C15H18O2. The van der Waals surface area contributed by atoms with Gasteiger partial charge in [0.25, 0.3) is 0 Å². The smallest absolute Gasteiger partial charge is 0.191 e. The summed E-state index contributed by atoms with van der Waals surface area (Å²) in [7, 11) is 0. The first-order valence-corrected chi connectivity index (χ1v) is 6.62. The summed E-state index contributed by atoms with van der Waals surface area (Å²) in [5.41, 5.74) is 3.65. The molecule has 90 valence electrons. The van der Waals surface area contributed by atoms with Gasteiger partial charge in [0, 0.05) is 12.2 Å². The Morgan fingerprint density at radius 3 is 2.71 bits per heavy atom. The molecular weight excluding hydrogens is 212 g/mol. The summed E-state index contributed by atoms with van der Waals surface area (Å²) in [6, 6.07) is 6.21. The Hall–Kier alpha value is -1.15. The van der Waals surface area contributed by atoms with Crippen molar-refractivity contribution < 1.29 is 9.53 Å². The highest BCUT2D eigenvalue weighted by atomic mass is 16.5. The molecule has 1 aromatic rings. The Balaban J connectivity index is 1.85. The number of hydrogen-bond donors (Lipinski definition) is 0. The van der Waals surface area contributed by atoms with Crippen LogP contribution in [0.5, 0.6) is 0 Å². The van der Waals surface area contributed by atoms with Gasteiger partial charge in [-0.2, -0.15) is 0 Å². The minimum atomic E-state index is -0.184. The van der Waals surface area contributed by atoms with E-state index in [4.69, 9.17) is 4.74 Å². The standard InChI is InChI=1S/C15H18O2/c16-15(14-6-3-9-17-14)13-8-7-11-4-1-2-5-12(11)10-13/h7-8,10,14H,1-6,9H2. The lowest BCUT2D eigenvalue weighted by Gasteiger charge is -2.17. The van der Waals surface area contributed by atoms with Crippen LogP contribution in [0, 0.1) is 0 Å². The minimum absolute atomic E-state index is 0.177. The van der Waals surface area contributed by atoms with E-state index in [9.17, 15) is 4.79 Å². The fourth-order valence-electron chi connectivity index (χ4n) is 2.86. The Morgan fingerprint density at radius 1 is 1.12 bits per heavy atom. The van der Waals surface area contributed by atoms with E-state index in [1.165, 1.54) is 30.4 Å². The highest BCUT2D eigenvalue weighted by Crippen LogP contribution is 2.24. The second kappa shape index (κ2) is 4.61. The van der Waals surface area contributed by atoms with Gasteiger partial charge in [-0.3, -0.25) is 4.79 Å². The molecule has 0 bridgehead atoms. The predicted octanol–water partition coefficient (Wildman–Crippen LogP) is 2.93. The van der Waals surface area contributed by atoms with Crippen molar-refractivity contribution in [2.45, 2.75) is 44.6 Å². The Morgan fingerprint density at radius 2 is 1.94 bits per heavy atom. The van der Waals surface area contributed by atoms with E-state index in [1.54, 1.807) is 0 Å². The van der Waals surface area contributed by atoms with Crippen molar-refractivity contribution in [1.29, 1.82) is 0 Å². The van der Waals surface area contributed by atoms with Crippen molar-refractivity contribution >= 4 is 5.78 Å². The number of ether oxygens (including phenoxy) is 1. The van der Waals surface area contributed by atoms with Gasteiger partial charge in [0.2, 0.25) is 0 Å². The number of fused-ring (bicyclic) bond motifs is 1. The molecule has 0 aromatic heterocycles. The number of aryl methyl sites for hydroxylation is 2. The summed E-state index contributed by atoms with van der Waals surface area (Å²) in [6.07, 6.45) is 6.55. The van der Waals surface area contributed by atoms with Crippen LogP contribution >= 0.6 is 0 Å². The zero-order chi connectivity index (χ0) is 11.7. The molecule has 1 atom stereocenters. The van der Waals surface area contributed by atoms with E-state index in [1.807, 2.05) is 6.07 Å². The number of rotatable bonds is 2. The molecule has 17 heavy (non-hydrogen) atoms. The van der Waals surface area contributed by atoms with Crippen LogP contribution in [-0.4, -0.2) is 18.5 Å². The second-order valence-corrected chi connectivity index (χ2v) is 5.06. The van der Waals surface area contributed by atoms with Crippen LogP contribution in [0.1, 0.15) is 47.2 Å². The van der Waals surface area contributed by atoms with Crippen molar-refractivity contribution in [3.05, 3.63) is 34.9 Å². The maximum Gasteiger partial charge on any atom is 0.191 e. The van der Waals surface area contributed by atoms with Crippen LogP contribution in [0.25, 0.3) is 0 Å². The summed E-state index contributed by atoms with van der Waals surface area (Å²) in [6.45, 7) is 0.737. The third-order valence-electron chi connectivity index (χ3n) is 3.86. The molecule has 3 rings (SSSR count). The van der Waals surface area contributed by atoms with Crippen LogP contribution < -0.4 is 0 Å². The van der Waals surface area contributed by atoms with Gasteiger partial charge in [-0.25, -0.2) is 0 Å². The van der Waals surface area contributed by atoms with Crippen molar-refractivity contribution in [2.75, 3.05) is 6.61 Å². The molecule has 1 aliphatic carbocycles. The van der Waals surface area contributed by atoms with E-state index >= 15 is 0 Å². The SMILES string of the molecule is O=C(c1ccc2c(c1)CCCC2)C1CCCO1. The van der Waals surface area contributed by atoms with Crippen molar-refractivity contribution in [3.8, 4) is 0 Å². The first-order chi connectivity index (χ1) is 8.34. The van der Waals surface area contributed by atoms with E-state index in [-0.39, 0.29) is 11.9 Å². The summed E-state index contributed by atoms with van der Waals surface area (Å²) in [4.78, 5) is 12.2. The third kappa shape index (κ3) is 2.14. The summed E-state index contributed by atoms with van der Waals surface area (Å²) in [5.74, 6) is 0.177. The Kier molecular flexibility index (Phi) is 2.98.